The maximum Gasteiger partial charge on any atom is 0.279 e. The molecule has 0 saturated carbocycles. The molecule has 1 heterocycles. The van der Waals surface area contributed by atoms with E-state index < -0.39 is 23.7 Å². The van der Waals surface area contributed by atoms with Gasteiger partial charge in [-0.25, -0.2) is 4.39 Å². The Labute approximate surface area is 166 Å². The highest BCUT2D eigenvalue weighted by Gasteiger charge is 2.17. The van der Waals surface area contributed by atoms with Gasteiger partial charge in [0.2, 0.25) is 17.6 Å². The Bertz CT molecular complexity index is 977. The van der Waals surface area contributed by atoms with E-state index in [1.165, 1.54) is 25.1 Å². The number of aromatic nitrogens is 2. The molecule has 0 aliphatic heterocycles. The summed E-state index contributed by atoms with van der Waals surface area (Å²) in [5.74, 6) is -0.950. The molecular weight excluding hydrogens is 379 g/mol. The number of nitrogens with one attached hydrogen (secondary N) is 2. The lowest BCUT2D eigenvalue weighted by Gasteiger charge is -2.15. The van der Waals surface area contributed by atoms with Crippen LogP contribution in [0.5, 0.6) is 5.75 Å². The standard InChI is InChI=1S/C20H19FN4O4/c1-13(28-16-10-6-5-9-15(16)21)20(27)24-23-17(26)11-12-18-22-19(25-29-18)14-7-3-2-4-8-14/h2-10,13H,11-12H2,1H3,(H,23,26)(H,24,27)/t13-/m0/s1. The molecule has 0 saturated heterocycles. The topological polar surface area (TPSA) is 106 Å². The monoisotopic (exact) mass is 398 g/mol. The molecule has 2 aromatic carbocycles. The fraction of sp³-hybridized carbons (Fsp3) is 0.200. The van der Waals surface area contributed by atoms with Gasteiger partial charge in [0.25, 0.3) is 5.91 Å². The molecule has 8 nitrogen and oxygen atoms in total. The first-order chi connectivity index (χ1) is 14.0. The second-order valence-electron chi connectivity index (χ2n) is 6.11. The van der Waals surface area contributed by atoms with Crippen LogP contribution in [0.4, 0.5) is 4.39 Å². The molecule has 3 aromatic rings. The van der Waals surface area contributed by atoms with Crippen molar-refractivity contribution in [2.24, 2.45) is 0 Å². The van der Waals surface area contributed by atoms with Gasteiger partial charge in [0, 0.05) is 18.4 Å². The van der Waals surface area contributed by atoms with E-state index in [2.05, 4.69) is 21.0 Å². The zero-order valence-electron chi connectivity index (χ0n) is 15.6. The fourth-order valence-corrected chi connectivity index (χ4v) is 2.36. The number of rotatable bonds is 7. The van der Waals surface area contributed by atoms with Gasteiger partial charge >= 0.3 is 0 Å². The van der Waals surface area contributed by atoms with Gasteiger partial charge < -0.3 is 9.26 Å². The summed E-state index contributed by atoms with van der Waals surface area (Å²) < 4.78 is 23.9. The van der Waals surface area contributed by atoms with Crippen molar-refractivity contribution in [3.05, 3.63) is 66.3 Å². The summed E-state index contributed by atoms with van der Waals surface area (Å²) in [7, 11) is 0. The molecule has 3 rings (SSSR count). The van der Waals surface area contributed by atoms with E-state index in [-0.39, 0.29) is 18.6 Å². The van der Waals surface area contributed by atoms with Crippen LogP contribution in [-0.2, 0) is 16.0 Å². The van der Waals surface area contributed by atoms with Crippen molar-refractivity contribution < 1.29 is 23.2 Å². The number of amides is 2. The van der Waals surface area contributed by atoms with Crippen LogP contribution in [0.1, 0.15) is 19.2 Å². The van der Waals surface area contributed by atoms with E-state index in [9.17, 15) is 14.0 Å². The number of carbonyl (C=O) groups is 2. The largest absolute Gasteiger partial charge is 0.478 e. The van der Waals surface area contributed by atoms with Crippen molar-refractivity contribution in [3.63, 3.8) is 0 Å². The normalized spacial score (nSPS) is 11.5. The van der Waals surface area contributed by atoms with Crippen molar-refractivity contribution in [2.45, 2.75) is 25.9 Å². The van der Waals surface area contributed by atoms with Crippen LogP contribution >= 0.6 is 0 Å². The first-order valence-electron chi connectivity index (χ1n) is 8.91. The summed E-state index contributed by atoms with van der Waals surface area (Å²) >= 11 is 0. The number of aryl methyl sites for hydroxylation is 1. The third-order valence-electron chi connectivity index (χ3n) is 3.90. The average molecular weight is 398 g/mol. The van der Waals surface area contributed by atoms with Crippen molar-refractivity contribution in [1.82, 2.24) is 21.0 Å². The molecule has 1 aromatic heterocycles. The highest BCUT2D eigenvalue weighted by molar-refractivity contribution is 5.84. The van der Waals surface area contributed by atoms with Crippen LogP contribution in [0, 0.1) is 5.82 Å². The number of hydrogen-bond acceptors (Lipinski definition) is 6. The Morgan fingerprint density at radius 1 is 1.10 bits per heavy atom. The van der Waals surface area contributed by atoms with Crippen LogP contribution in [0.25, 0.3) is 11.4 Å². The number of nitrogens with zero attached hydrogens (tertiary/aromatic N) is 2. The Kier molecular flexibility index (Phi) is 6.51. The number of para-hydroxylation sites is 1. The maximum atomic E-state index is 13.6. The van der Waals surface area contributed by atoms with Crippen molar-refractivity contribution >= 4 is 11.8 Å². The van der Waals surface area contributed by atoms with Crippen molar-refractivity contribution in [1.29, 1.82) is 0 Å². The molecule has 2 N–H and O–H groups in total. The minimum absolute atomic E-state index is 0.0270. The second kappa shape index (κ2) is 9.45. The number of benzene rings is 2. The first kappa shape index (κ1) is 20.0. The van der Waals surface area contributed by atoms with Crippen molar-refractivity contribution in [2.75, 3.05) is 0 Å². The molecule has 0 aliphatic carbocycles. The Morgan fingerprint density at radius 3 is 2.59 bits per heavy atom. The van der Waals surface area contributed by atoms with E-state index in [1.807, 2.05) is 30.3 Å². The van der Waals surface area contributed by atoms with Crippen LogP contribution in [0.15, 0.2) is 59.1 Å². The zero-order valence-corrected chi connectivity index (χ0v) is 15.6. The molecule has 2 amide bonds. The van der Waals surface area contributed by atoms with Gasteiger partial charge in [-0.2, -0.15) is 4.98 Å². The van der Waals surface area contributed by atoms with Gasteiger partial charge in [-0.3, -0.25) is 20.4 Å². The zero-order chi connectivity index (χ0) is 20.6. The molecule has 0 aliphatic rings. The number of hydrogen-bond donors (Lipinski definition) is 2. The van der Waals surface area contributed by atoms with Crippen LogP contribution in [0.3, 0.4) is 0 Å². The molecule has 0 bridgehead atoms. The minimum atomic E-state index is -1.00. The third kappa shape index (κ3) is 5.61. The minimum Gasteiger partial charge on any atom is -0.478 e. The number of ether oxygens (including phenoxy) is 1. The molecule has 29 heavy (non-hydrogen) atoms. The van der Waals surface area contributed by atoms with Gasteiger partial charge in [0.1, 0.15) is 0 Å². The van der Waals surface area contributed by atoms with E-state index in [1.54, 1.807) is 6.07 Å². The Morgan fingerprint density at radius 2 is 1.83 bits per heavy atom. The lowest BCUT2D eigenvalue weighted by Crippen LogP contribution is -2.47. The van der Waals surface area contributed by atoms with E-state index >= 15 is 0 Å². The number of halogens is 1. The van der Waals surface area contributed by atoms with Crippen LogP contribution < -0.4 is 15.6 Å². The third-order valence-corrected chi connectivity index (χ3v) is 3.90. The van der Waals surface area contributed by atoms with Gasteiger partial charge in [-0.1, -0.05) is 47.6 Å². The lowest BCUT2D eigenvalue weighted by atomic mass is 10.2. The smallest absolute Gasteiger partial charge is 0.279 e. The van der Waals surface area contributed by atoms with Gasteiger partial charge in [-0.15, -0.1) is 0 Å². The SMILES string of the molecule is C[C@H](Oc1ccccc1F)C(=O)NNC(=O)CCc1nc(-c2ccccc2)no1. The quantitative estimate of drug-likeness (QED) is 0.592. The number of hydrazine groups is 1. The Hall–Kier alpha value is -3.75. The van der Waals surface area contributed by atoms with E-state index in [0.717, 1.165) is 5.56 Å². The van der Waals surface area contributed by atoms with Gasteiger partial charge in [0.05, 0.1) is 0 Å². The molecule has 0 fully saturated rings. The predicted octanol–water partition coefficient (Wildman–Crippen LogP) is 2.42. The highest BCUT2D eigenvalue weighted by atomic mass is 19.1. The lowest BCUT2D eigenvalue weighted by molar-refractivity contribution is -0.132. The summed E-state index contributed by atoms with van der Waals surface area (Å²) in [6, 6.07) is 15.0. The number of carbonyl (C=O) groups excluding carboxylic acids is 2. The second-order valence-corrected chi connectivity index (χ2v) is 6.11. The molecule has 0 unspecified atom stereocenters. The summed E-state index contributed by atoms with van der Waals surface area (Å²) in [6.07, 6.45) is -0.765. The summed E-state index contributed by atoms with van der Waals surface area (Å²) in [5.41, 5.74) is 5.32. The van der Waals surface area contributed by atoms with Crippen molar-refractivity contribution in [3.8, 4) is 17.1 Å². The average Bonchev–Trinajstić information content (AvgIpc) is 3.22. The van der Waals surface area contributed by atoms with E-state index in [0.29, 0.717) is 11.7 Å². The molecule has 0 spiro atoms. The van der Waals surface area contributed by atoms with Gasteiger partial charge in [-0.05, 0) is 19.1 Å². The molecular formula is C20H19FN4O4. The summed E-state index contributed by atoms with van der Waals surface area (Å²) in [4.78, 5) is 28.1. The molecule has 1 atom stereocenters. The maximum absolute atomic E-state index is 13.6. The van der Waals surface area contributed by atoms with Gasteiger partial charge in [0.15, 0.2) is 17.7 Å². The highest BCUT2D eigenvalue weighted by Crippen LogP contribution is 2.17. The summed E-state index contributed by atoms with van der Waals surface area (Å²) in [5, 5.41) is 3.87. The van der Waals surface area contributed by atoms with Crippen LogP contribution in [0.2, 0.25) is 0 Å². The molecule has 0 radical (unpaired) electrons. The predicted molar refractivity (Wildman–Crippen MR) is 101 cm³/mol. The fourth-order valence-electron chi connectivity index (χ4n) is 2.36. The molecule has 150 valence electrons. The van der Waals surface area contributed by atoms with E-state index in [4.69, 9.17) is 9.26 Å². The summed E-state index contributed by atoms with van der Waals surface area (Å²) in [6.45, 7) is 1.44. The van der Waals surface area contributed by atoms with Crippen LogP contribution in [-0.4, -0.2) is 28.1 Å². The first-order valence-corrected chi connectivity index (χ1v) is 8.91. The molecule has 9 heteroatoms. The Balaban J connectivity index is 1.42.